The first-order valence-corrected chi connectivity index (χ1v) is 7.63. The molecular formula is C18H23NO4. The summed E-state index contributed by atoms with van der Waals surface area (Å²) in [5, 5.41) is 12.0. The van der Waals surface area contributed by atoms with Crippen LogP contribution in [0.2, 0.25) is 0 Å². The average Bonchev–Trinajstić information content (AvgIpc) is 2.60. The van der Waals surface area contributed by atoms with E-state index in [-0.39, 0.29) is 6.61 Å². The Kier molecular flexibility index (Phi) is 7.23. The Labute approximate surface area is 136 Å². The van der Waals surface area contributed by atoms with Crippen LogP contribution in [0.4, 0.5) is 0 Å². The van der Waals surface area contributed by atoms with E-state index in [1.54, 1.807) is 7.11 Å². The van der Waals surface area contributed by atoms with Crippen LogP contribution in [0, 0.1) is 0 Å². The summed E-state index contributed by atoms with van der Waals surface area (Å²) in [5.41, 5.74) is 1.05. The van der Waals surface area contributed by atoms with E-state index in [9.17, 15) is 0 Å². The lowest BCUT2D eigenvalue weighted by Gasteiger charge is -2.13. The molecular weight excluding hydrogens is 294 g/mol. The molecule has 2 aromatic rings. The lowest BCUT2D eigenvalue weighted by molar-refractivity contribution is 0.210. The lowest BCUT2D eigenvalue weighted by atomic mass is 10.2. The fourth-order valence-electron chi connectivity index (χ4n) is 2.13. The number of rotatable bonds is 10. The molecule has 0 saturated carbocycles. The predicted molar refractivity (Wildman–Crippen MR) is 89.2 cm³/mol. The molecule has 0 heterocycles. The third kappa shape index (κ3) is 5.47. The van der Waals surface area contributed by atoms with Gasteiger partial charge < -0.3 is 24.6 Å². The van der Waals surface area contributed by atoms with Gasteiger partial charge in [0, 0.05) is 18.7 Å². The van der Waals surface area contributed by atoms with Crippen molar-refractivity contribution in [3.05, 3.63) is 54.1 Å². The normalized spacial score (nSPS) is 10.3. The quantitative estimate of drug-likeness (QED) is 0.658. The van der Waals surface area contributed by atoms with E-state index in [0.29, 0.717) is 37.8 Å². The van der Waals surface area contributed by atoms with E-state index in [1.165, 1.54) is 0 Å². The molecule has 0 aliphatic heterocycles. The molecule has 0 atom stereocenters. The summed E-state index contributed by atoms with van der Waals surface area (Å²) in [4.78, 5) is 0. The van der Waals surface area contributed by atoms with Gasteiger partial charge in [-0.3, -0.25) is 0 Å². The summed E-state index contributed by atoms with van der Waals surface area (Å²) in [6.07, 6.45) is 0. The Morgan fingerprint density at radius 1 is 0.870 bits per heavy atom. The molecule has 0 amide bonds. The predicted octanol–water partition coefficient (Wildman–Crippen LogP) is 2.23. The van der Waals surface area contributed by atoms with Crippen LogP contribution < -0.4 is 19.5 Å². The molecule has 0 spiro atoms. The maximum Gasteiger partial charge on any atom is 0.161 e. The number of para-hydroxylation sites is 3. The minimum Gasteiger partial charge on any atom is -0.493 e. The second kappa shape index (κ2) is 9.71. The Hall–Kier alpha value is -2.24. The maximum atomic E-state index is 8.82. The number of aliphatic hydroxyl groups excluding tert-OH is 1. The van der Waals surface area contributed by atoms with Gasteiger partial charge in [0.2, 0.25) is 0 Å². The van der Waals surface area contributed by atoms with Crippen LogP contribution in [0.15, 0.2) is 48.5 Å². The van der Waals surface area contributed by atoms with Crippen molar-refractivity contribution in [2.24, 2.45) is 0 Å². The van der Waals surface area contributed by atoms with Crippen LogP contribution in [-0.4, -0.2) is 38.6 Å². The zero-order chi connectivity index (χ0) is 16.3. The van der Waals surface area contributed by atoms with Crippen molar-refractivity contribution in [1.29, 1.82) is 0 Å². The van der Waals surface area contributed by atoms with E-state index in [4.69, 9.17) is 19.3 Å². The highest BCUT2D eigenvalue weighted by Gasteiger charge is 2.04. The summed E-state index contributed by atoms with van der Waals surface area (Å²) in [7, 11) is 1.62. The van der Waals surface area contributed by atoms with Crippen LogP contribution in [0.5, 0.6) is 17.2 Å². The highest BCUT2D eigenvalue weighted by Crippen LogP contribution is 2.25. The largest absolute Gasteiger partial charge is 0.493 e. The zero-order valence-electron chi connectivity index (χ0n) is 13.3. The van der Waals surface area contributed by atoms with Gasteiger partial charge in [-0.05, 0) is 18.2 Å². The number of hydrogen-bond acceptors (Lipinski definition) is 5. The van der Waals surface area contributed by atoms with Gasteiger partial charge >= 0.3 is 0 Å². The molecule has 0 saturated heterocycles. The Morgan fingerprint density at radius 3 is 2.17 bits per heavy atom. The molecule has 0 fully saturated rings. The second-order valence-corrected chi connectivity index (χ2v) is 4.86. The molecule has 23 heavy (non-hydrogen) atoms. The van der Waals surface area contributed by atoms with Crippen molar-refractivity contribution in [2.75, 3.05) is 33.5 Å². The molecule has 5 nitrogen and oxygen atoms in total. The lowest BCUT2D eigenvalue weighted by Crippen LogP contribution is -2.18. The number of benzene rings is 2. The standard InChI is InChI=1S/C18H23NO4/c1-21-17-8-4-5-9-18(17)23-13-12-22-16-7-3-2-6-15(16)14-19-10-11-20/h2-9,19-20H,10-14H2,1H3. The summed E-state index contributed by atoms with van der Waals surface area (Å²) < 4.78 is 16.7. The summed E-state index contributed by atoms with van der Waals surface area (Å²) in [6, 6.07) is 15.4. The van der Waals surface area contributed by atoms with Crippen molar-refractivity contribution in [3.8, 4) is 17.2 Å². The van der Waals surface area contributed by atoms with Gasteiger partial charge in [0.25, 0.3) is 0 Å². The van der Waals surface area contributed by atoms with Crippen molar-refractivity contribution in [2.45, 2.75) is 6.54 Å². The minimum atomic E-state index is 0.121. The van der Waals surface area contributed by atoms with E-state index < -0.39 is 0 Å². The first kappa shape index (κ1) is 17.1. The van der Waals surface area contributed by atoms with Crippen LogP contribution in [0.3, 0.4) is 0 Å². The molecule has 2 aromatic carbocycles. The highest BCUT2D eigenvalue weighted by atomic mass is 16.5. The fourth-order valence-corrected chi connectivity index (χ4v) is 2.13. The van der Waals surface area contributed by atoms with Crippen LogP contribution in [0.1, 0.15) is 5.56 Å². The van der Waals surface area contributed by atoms with Gasteiger partial charge in [-0.1, -0.05) is 30.3 Å². The second-order valence-electron chi connectivity index (χ2n) is 4.86. The van der Waals surface area contributed by atoms with E-state index >= 15 is 0 Å². The monoisotopic (exact) mass is 317 g/mol. The van der Waals surface area contributed by atoms with Gasteiger partial charge in [0.1, 0.15) is 19.0 Å². The van der Waals surface area contributed by atoms with E-state index in [0.717, 1.165) is 11.3 Å². The van der Waals surface area contributed by atoms with Crippen molar-refractivity contribution < 1.29 is 19.3 Å². The topological polar surface area (TPSA) is 60.0 Å². The number of hydrogen-bond donors (Lipinski definition) is 2. The van der Waals surface area contributed by atoms with Gasteiger partial charge in [0.15, 0.2) is 11.5 Å². The minimum absolute atomic E-state index is 0.121. The third-order valence-corrected chi connectivity index (χ3v) is 3.24. The molecule has 0 aromatic heterocycles. The SMILES string of the molecule is COc1ccccc1OCCOc1ccccc1CNCCO. The Bertz CT molecular complexity index is 589. The van der Waals surface area contributed by atoms with Crippen LogP contribution in [0.25, 0.3) is 0 Å². The molecule has 0 aliphatic rings. The summed E-state index contributed by atoms with van der Waals surface area (Å²) in [5.74, 6) is 2.24. The number of ether oxygens (including phenoxy) is 3. The number of aliphatic hydroxyl groups is 1. The molecule has 0 radical (unpaired) electrons. The molecule has 0 bridgehead atoms. The molecule has 124 valence electrons. The molecule has 0 unspecified atom stereocenters. The highest BCUT2D eigenvalue weighted by molar-refractivity contribution is 5.39. The van der Waals surface area contributed by atoms with Gasteiger partial charge in [-0.25, -0.2) is 0 Å². The maximum absolute atomic E-state index is 8.82. The zero-order valence-corrected chi connectivity index (χ0v) is 13.3. The molecule has 0 aliphatic carbocycles. The van der Waals surface area contributed by atoms with Gasteiger partial charge in [-0.15, -0.1) is 0 Å². The first-order chi connectivity index (χ1) is 11.3. The number of methoxy groups -OCH3 is 1. The van der Waals surface area contributed by atoms with E-state index in [1.807, 2.05) is 48.5 Å². The Balaban J connectivity index is 1.82. The summed E-state index contributed by atoms with van der Waals surface area (Å²) >= 11 is 0. The first-order valence-electron chi connectivity index (χ1n) is 7.63. The van der Waals surface area contributed by atoms with Gasteiger partial charge in [0.05, 0.1) is 13.7 Å². The summed E-state index contributed by atoms with van der Waals surface area (Å²) in [6.45, 7) is 2.21. The number of nitrogens with one attached hydrogen (secondary N) is 1. The molecule has 2 N–H and O–H groups in total. The molecule has 2 rings (SSSR count). The average molecular weight is 317 g/mol. The van der Waals surface area contributed by atoms with E-state index in [2.05, 4.69) is 5.32 Å². The van der Waals surface area contributed by atoms with Crippen molar-refractivity contribution in [3.63, 3.8) is 0 Å². The third-order valence-electron chi connectivity index (χ3n) is 3.24. The van der Waals surface area contributed by atoms with Gasteiger partial charge in [-0.2, -0.15) is 0 Å². The van der Waals surface area contributed by atoms with Crippen molar-refractivity contribution >= 4 is 0 Å². The van der Waals surface area contributed by atoms with Crippen molar-refractivity contribution in [1.82, 2.24) is 5.32 Å². The van der Waals surface area contributed by atoms with Crippen LogP contribution >= 0.6 is 0 Å². The fraction of sp³-hybridized carbons (Fsp3) is 0.333. The smallest absolute Gasteiger partial charge is 0.161 e. The molecule has 5 heteroatoms. The Morgan fingerprint density at radius 2 is 1.48 bits per heavy atom. The van der Waals surface area contributed by atoms with Crippen LogP contribution in [-0.2, 0) is 6.54 Å².